The van der Waals surface area contributed by atoms with E-state index in [0.29, 0.717) is 6.54 Å². The van der Waals surface area contributed by atoms with Gasteiger partial charge in [-0.25, -0.2) is 4.98 Å². The Hall–Kier alpha value is -1.20. The van der Waals surface area contributed by atoms with Gasteiger partial charge < -0.3 is 5.73 Å². The Kier molecular flexibility index (Phi) is 2.35. The van der Waals surface area contributed by atoms with E-state index >= 15 is 0 Å². The van der Waals surface area contributed by atoms with E-state index in [-0.39, 0.29) is 0 Å². The van der Waals surface area contributed by atoms with Gasteiger partial charge in [0.25, 0.3) is 0 Å². The lowest BCUT2D eigenvalue weighted by Crippen LogP contribution is -1.95. The van der Waals surface area contributed by atoms with Gasteiger partial charge >= 0.3 is 0 Å². The predicted molar refractivity (Wildman–Crippen MR) is 57.1 cm³/mol. The number of nitrogens with zero attached hydrogens (tertiary/aromatic N) is 2. The number of nitrogens with two attached hydrogens (primary N) is 1. The lowest BCUT2D eigenvalue weighted by Gasteiger charge is -1.89. The molecule has 0 saturated carbocycles. The Labute approximate surface area is 86.2 Å². The number of nitrogens with one attached hydrogen (secondary N) is 1. The van der Waals surface area contributed by atoms with Gasteiger partial charge in [-0.15, -0.1) is 11.3 Å². The maximum absolute atomic E-state index is 5.50. The van der Waals surface area contributed by atoms with Crippen molar-refractivity contribution < 1.29 is 0 Å². The van der Waals surface area contributed by atoms with Crippen LogP contribution >= 0.6 is 11.3 Å². The van der Waals surface area contributed by atoms with Crippen LogP contribution in [0.1, 0.15) is 16.4 Å². The van der Waals surface area contributed by atoms with Crippen molar-refractivity contribution in [3.63, 3.8) is 0 Å². The Morgan fingerprint density at radius 1 is 1.50 bits per heavy atom. The minimum atomic E-state index is 0.490. The van der Waals surface area contributed by atoms with Gasteiger partial charge in [0.1, 0.15) is 5.69 Å². The molecule has 0 radical (unpaired) electrons. The smallest absolute Gasteiger partial charge is 0.104 e. The molecule has 0 unspecified atom stereocenters. The van der Waals surface area contributed by atoms with Gasteiger partial charge in [-0.05, 0) is 19.9 Å². The summed E-state index contributed by atoms with van der Waals surface area (Å²) in [6.07, 6.45) is 0. The second-order valence-electron chi connectivity index (χ2n) is 3.13. The molecule has 2 heterocycles. The fraction of sp³-hybridized carbons (Fsp3) is 0.333. The molecular weight excluding hydrogens is 196 g/mol. The average molecular weight is 208 g/mol. The molecule has 2 aromatic rings. The minimum absolute atomic E-state index is 0.490. The molecule has 3 N–H and O–H groups in total. The monoisotopic (exact) mass is 208 g/mol. The van der Waals surface area contributed by atoms with Crippen molar-refractivity contribution in [3.8, 4) is 10.6 Å². The first-order chi connectivity index (χ1) is 6.70. The molecule has 0 aliphatic carbocycles. The second-order valence-corrected chi connectivity index (χ2v) is 4.33. The minimum Gasteiger partial charge on any atom is -0.325 e. The molecule has 0 bridgehead atoms. The summed E-state index contributed by atoms with van der Waals surface area (Å²) in [5, 5.41) is 8.16. The van der Waals surface area contributed by atoms with Gasteiger partial charge in [0.2, 0.25) is 0 Å². The molecule has 14 heavy (non-hydrogen) atoms. The van der Waals surface area contributed by atoms with E-state index in [9.17, 15) is 0 Å². The maximum Gasteiger partial charge on any atom is 0.104 e. The molecule has 0 fully saturated rings. The Morgan fingerprint density at radius 2 is 2.29 bits per heavy atom. The van der Waals surface area contributed by atoms with Gasteiger partial charge in [0, 0.05) is 12.2 Å². The van der Waals surface area contributed by atoms with Gasteiger partial charge in [-0.2, -0.15) is 5.10 Å². The summed E-state index contributed by atoms with van der Waals surface area (Å²) in [6.45, 7) is 4.48. The van der Waals surface area contributed by atoms with Crippen molar-refractivity contribution in [1.82, 2.24) is 15.2 Å². The van der Waals surface area contributed by atoms with E-state index in [4.69, 9.17) is 5.73 Å². The average Bonchev–Trinajstić information content (AvgIpc) is 2.71. The van der Waals surface area contributed by atoms with Gasteiger partial charge in [-0.3, -0.25) is 5.10 Å². The number of aromatic nitrogens is 3. The molecule has 0 amide bonds. The summed E-state index contributed by atoms with van der Waals surface area (Å²) in [6, 6.07) is 1.97. The Morgan fingerprint density at radius 3 is 2.79 bits per heavy atom. The van der Waals surface area contributed by atoms with Crippen LogP contribution in [0.25, 0.3) is 10.6 Å². The molecule has 0 aromatic carbocycles. The topological polar surface area (TPSA) is 67.6 Å². The zero-order valence-corrected chi connectivity index (χ0v) is 8.98. The van der Waals surface area contributed by atoms with Crippen LogP contribution in [0, 0.1) is 13.8 Å². The molecule has 2 rings (SSSR count). The molecule has 0 saturated heterocycles. The molecule has 0 aliphatic rings. The third-order valence-electron chi connectivity index (χ3n) is 1.99. The molecule has 0 spiro atoms. The van der Waals surface area contributed by atoms with Crippen molar-refractivity contribution in [2.75, 3.05) is 0 Å². The number of aromatic amines is 1. The van der Waals surface area contributed by atoms with Crippen LogP contribution in [-0.2, 0) is 6.54 Å². The Bertz CT molecular complexity index is 443. The molecular formula is C9H12N4S. The normalized spacial score (nSPS) is 10.8. The van der Waals surface area contributed by atoms with E-state index in [0.717, 1.165) is 27.0 Å². The molecule has 0 aliphatic heterocycles. The van der Waals surface area contributed by atoms with Gasteiger partial charge in [0.05, 0.1) is 15.6 Å². The van der Waals surface area contributed by atoms with E-state index in [2.05, 4.69) is 15.2 Å². The summed E-state index contributed by atoms with van der Waals surface area (Å²) in [7, 11) is 0. The lowest BCUT2D eigenvalue weighted by molar-refractivity contribution is 0.948. The summed E-state index contributed by atoms with van der Waals surface area (Å²) in [5.74, 6) is 0. The number of thiazole rings is 1. The first kappa shape index (κ1) is 9.36. The molecule has 4 nitrogen and oxygen atoms in total. The first-order valence-electron chi connectivity index (χ1n) is 4.39. The number of hydrogen-bond acceptors (Lipinski definition) is 4. The van der Waals surface area contributed by atoms with Crippen molar-refractivity contribution in [2.24, 2.45) is 5.73 Å². The van der Waals surface area contributed by atoms with E-state index in [1.807, 2.05) is 19.9 Å². The second kappa shape index (κ2) is 3.51. The van der Waals surface area contributed by atoms with Crippen LogP contribution in [0.3, 0.4) is 0 Å². The highest BCUT2D eigenvalue weighted by Crippen LogP contribution is 2.28. The van der Waals surface area contributed by atoms with E-state index < -0.39 is 0 Å². The lowest BCUT2D eigenvalue weighted by atomic mass is 10.3. The third-order valence-corrected chi connectivity index (χ3v) is 3.08. The van der Waals surface area contributed by atoms with Crippen LogP contribution in [0.4, 0.5) is 0 Å². The maximum atomic E-state index is 5.50. The summed E-state index contributed by atoms with van der Waals surface area (Å²) < 4.78 is 0. The third kappa shape index (κ3) is 1.56. The van der Waals surface area contributed by atoms with Crippen LogP contribution in [0.15, 0.2) is 6.07 Å². The zero-order chi connectivity index (χ0) is 10.1. The number of hydrogen-bond donors (Lipinski definition) is 2. The summed E-state index contributed by atoms with van der Waals surface area (Å²) in [5.41, 5.74) is 8.42. The SMILES string of the molecule is Cc1nc(C)c(-c2cc(CN)[nH]n2)s1. The summed E-state index contributed by atoms with van der Waals surface area (Å²) in [4.78, 5) is 5.48. The van der Waals surface area contributed by atoms with Crippen molar-refractivity contribution in [3.05, 3.63) is 22.5 Å². The van der Waals surface area contributed by atoms with Crippen molar-refractivity contribution >= 4 is 11.3 Å². The zero-order valence-electron chi connectivity index (χ0n) is 8.16. The number of aryl methyl sites for hydroxylation is 2. The fourth-order valence-corrected chi connectivity index (χ4v) is 2.23. The molecule has 0 atom stereocenters. The summed E-state index contributed by atoms with van der Waals surface area (Å²) >= 11 is 1.66. The standard InChI is InChI=1S/C9H12N4S/c1-5-9(14-6(2)11-5)8-3-7(4-10)12-13-8/h3H,4,10H2,1-2H3,(H,12,13). The highest BCUT2D eigenvalue weighted by Gasteiger charge is 2.10. The number of H-pyrrole nitrogens is 1. The van der Waals surface area contributed by atoms with Crippen LogP contribution in [0.5, 0.6) is 0 Å². The van der Waals surface area contributed by atoms with Gasteiger partial charge in [0.15, 0.2) is 0 Å². The van der Waals surface area contributed by atoms with Crippen LogP contribution in [-0.4, -0.2) is 15.2 Å². The van der Waals surface area contributed by atoms with E-state index in [1.54, 1.807) is 11.3 Å². The van der Waals surface area contributed by atoms with Crippen molar-refractivity contribution in [1.29, 1.82) is 0 Å². The highest BCUT2D eigenvalue weighted by atomic mass is 32.1. The number of rotatable bonds is 2. The molecule has 5 heteroatoms. The largest absolute Gasteiger partial charge is 0.325 e. The first-order valence-corrected chi connectivity index (χ1v) is 5.21. The fourth-order valence-electron chi connectivity index (χ4n) is 1.35. The van der Waals surface area contributed by atoms with Crippen LogP contribution in [0.2, 0.25) is 0 Å². The van der Waals surface area contributed by atoms with E-state index in [1.165, 1.54) is 0 Å². The van der Waals surface area contributed by atoms with Gasteiger partial charge in [-0.1, -0.05) is 0 Å². The Balaban J connectivity index is 2.43. The molecule has 74 valence electrons. The highest BCUT2D eigenvalue weighted by molar-refractivity contribution is 7.15. The van der Waals surface area contributed by atoms with Crippen molar-refractivity contribution in [2.45, 2.75) is 20.4 Å². The molecule has 2 aromatic heterocycles. The van der Waals surface area contributed by atoms with Crippen LogP contribution < -0.4 is 5.73 Å². The quantitative estimate of drug-likeness (QED) is 0.787. The predicted octanol–water partition coefficient (Wildman–Crippen LogP) is 1.61.